The largest absolute Gasteiger partial charge is 0.397 e. The van der Waals surface area contributed by atoms with Crippen LogP contribution in [0.2, 0.25) is 0 Å². The minimum absolute atomic E-state index is 0.297. The first-order chi connectivity index (χ1) is 7.13. The van der Waals surface area contributed by atoms with E-state index in [1.54, 1.807) is 12.1 Å². The molecule has 3 heteroatoms. The van der Waals surface area contributed by atoms with Gasteiger partial charge in [0, 0.05) is 5.39 Å². The van der Waals surface area contributed by atoms with Crippen LogP contribution in [0.4, 0.5) is 10.1 Å². The summed E-state index contributed by atoms with van der Waals surface area (Å²) in [5, 5.41) is 10.3. The zero-order valence-corrected chi connectivity index (χ0v) is 8.21. The summed E-state index contributed by atoms with van der Waals surface area (Å²) >= 11 is 0. The summed E-state index contributed by atoms with van der Waals surface area (Å²) in [6.45, 7) is 1.84. The Kier molecular flexibility index (Phi) is 2.05. The van der Waals surface area contributed by atoms with Gasteiger partial charge in [0.2, 0.25) is 0 Å². The molecule has 0 fully saturated rings. The van der Waals surface area contributed by atoms with Crippen LogP contribution >= 0.6 is 0 Å². The molecular formula is C12H9FN2. The SMILES string of the molecule is Cc1cc(C#N)c(N)c2ccc(F)cc12. The number of nitrogens with two attached hydrogens (primary N) is 1. The number of nitrogen functional groups attached to an aromatic ring is 1. The Morgan fingerprint density at radius 2 is 2.00 bits per heavy atom. The van der Waals surface area contributed by atoms with E-state index in [2.05, 4.69) is 0 Å². The Morgan fingerprint density at radius 3 is 2.67 bits per heavy atom. The lowest BCUT2D eigenvalue weighted by molar-refractivity contribution is 0.629. The Morgan fingerprint density at radius 1 is 1.27 bits per heavy atom. The molecule has 74 valence electrons. The van der Waals surface area contributed by atoms with Gasteiger partial charge in [0.1, 0.15) is 11.9 Å². The predicted octanol–water partition coefficient (Wildman–Crippen LogP) is 2.74. The summed E-state index contributed by atoms with van der Waals surface area (Å²) in [5.41, 5.74) is 7.51. The molecule has 0 saturated carbocycles. The van der Waals surface area contributed by atoms with Crippen molar-refractivity contribution in [2.24, 2.45) is 0 Å². The molecule has 0 amide bonds. The number of halogens is 1. The minimum Gasteiger partial charge on any atom is -0.397 e. The van der Waals surface area contributed by atoms with Crippen LogP contribution in [0.3, 0.4) is 0 Å². The van der Waals surface area contributed by atoms with E-state index in [1.165, 1.54) is 12.1 Å². The van der Waals surface area contributed by atoms with E-state index in [4.69, 9.17) is 11.0 Å². The van der Waals surface area contributed by atoms with Crippen molar-refractivity contribution < 1.29 is 4.39 Å². The zero-order chi connectivity index (χ0) is 11.0. The molecule has 0 aliphatic carbocycles. The number of hydrogen-bond donors (Lipinski definition) is 1. The van der Waals surface area contributed by atoms with Gasteiger partial charge >= 0.3 is 0 Å². The maximum atomic E-state index is 13.0. The van der Waals surface area contributed by atoms with Crippen LogP contribution in [0.1, 0.15) is 11.1 Å². The van der Waals surface area contributed by atoms with Crippen molar-refractivity contribution in [3.8, 4) is 6.07 Å². The molecule has 0 spiro atoms. The van der Waals surface area contributed by atoms with Gasteiger partial charge in [-0.05, 0) is 42.1 Å². The highest BCUT2D eigenvalue weighted by Crippen LogP contribution is 2.28. The smallest absolute Gasteiger partial charge is 0.123 e. The average Bonchev–Trinajstić information content (AvgIpc) is 2.23. The van der Waals surface area contributed by atoms with Crippen molar-refractivity contribution in [3.05, 3.63) is 41.2 Å². The van der Waals surface area contributed by atoms with Crippen molar-refractivity contribution in [1.82, 2.24) is 0 Å². The third-order valence-corrected chi connectivity index (χ3v) is 2.47. The highest BCUT2D eigenvalue weighted by Gasteiger charge is 2.07. The molecule has 0 heterocycles. The molecule has 15 heavy (non-hydrogen) atoms. The van der Waals surface area contributed by atoms with Gasteiger partial charge in [-0.1, -0.05) is 0 Å². The first-order valence-corrected chi connectivity index (χ1v) is 4.52. The van der Waals surface area contributed by atoms with E-state index < -0.39 is 0 Å². The number of rotatable bonds is 0. The molecule has 2 aromatic carbocycles. The molecule has 2 rings (SSSR count). The predicted molar refractivity (Wildman–Crippen MR) is 57.8 cm³/mol. The normalized spacial score (nSPS) is 10.2. The average molecular weight is 200 g/mol. The van der Waals surface area contributed by atoms with Crippen molar-refractivity contribution in [2.45, 2.75) is 6.92 Å². The fourth-order valence-corrected chi connectivity index (χ4v) is 1.69. The van der Waals surface area contributed by atoms with Crippen LogP contribution in [0.15, 0.2) is 24.3 Å². The molecule has 0 aliphatic rings. The lowest BCUT2D eigenvalue weighted by Gasteiger charge is -2.07. The number of anilines is 1. The fourth-order valence-electron chi connectivity index (χ4n) is 1.69. The Labute approximate surface area is 86.7 Å². The van der Waals surface area contributed by atoms with Gasteiger partial charge in [0.15, 0.2) is 0 Å². The van der Waals surface area contributed by atoms with Gasteiger partial charge in [0.25, 0.3) is 0 Å². The second-order valence-electron chi connectivity index (χ2n) is 3.46. The quantitative estimate of drug-likeness (QED) is 0.665. The van der Waals surface area contributed by atoms with E-state index in [1.807, 2.05) is 13.0 Å². The van der Waals surface area contributed by atoms with Gasteiger partial charge in [0.05, 0.1) is 11.3 Å². The van der Waals surface area contributed by atoms with Crippen molar-refractivity contribution in [1.29, 1.82) is 5.26 Å². The van der Waals surface area contributed by atoms with Crippen LogP contribution in [0.25, 0.3) is 10.8 Å². The van der Waals surface area contributed by atoms with Crippen LogP contribution in [-0.2, 0) is 0 Å². The lowest BCUT2D eigenvalue weighted by atomic mass is 10.00. The van der Waals surface area contributed by atoms with Gasteiger partial charge in [-0.2, -0.15) is 5.26 Å². The third kappa shape index (κ3) is 1.40. The molecule has 2 nitrogen and oxygen atoms in total. The molecule has 2 aromatic rings. The molecule has 0 bridgehead atoms. The first kappa shape index (κ1) is 9.47. The van der Waals surface area contributed by atoms with E-state index >= 15 is 0 Å². The number of hydrogen-bond acceptors (Lipinski definition) is 2. The van der Waals surface area contributed by atoms with E-state index in [9.17, 15) is 4.39 Å². The number of benzene rings is 2. The minimum atomic E-state index is -0.297. The molecule has 0 atom stereocenters. The summed E-state index contributed by atoms with van der Waals surface area (Å²) in [4.78, 5) is 0. The number of nitrogens with zero attached hydrogens (tertiary/aromatic N) is 1. The number of aryl methyl sites for hydroxylation is 1. The third-order valence-electron chi connectivity index (χ3n) is 2.47. The summed E-state index contributed by atoms with van der Waals surface area (Å²) in [5.74, 6) is -0.297. The summed E-state index contributed by atoms with van der Waals surface area (Å²) in [6, 6.07) is 8.09. The van der Waals surface area contributed by atoms with Gasteiger partial charge in [-0.15, -0.1) is 0 Å². The molecule has 0 unspecified atom stereocenters. The van der Waals surface area contributed by atoms with Crippen molar-refractivity contribution in [2.75, 3.05) is 5.73 Å². The van der Waals surface area contributed by atoms with Crippen molar-refractivity contribution >= 4 is 16.5 Å². The summed E-state index contributed by atoms with van der Waals surface area (Å²) < 4.78 is 13.0. The number of fused-ring (bicyclic) bond motifs is 1. The molecular weight excluding hydrogens is 191 g/mol. The molecule has 2 N–H and O–H groups in total. The van der Waals surface area contributed by atoms with Crippen LogP contribution in [0, 0.1) is 24.1 Å². The fraction of sp³-hybridized carbons (Fsp3) is 0.0833. The summed E-state index contributed by atoms with van der Waals surface area (Å²) in [7, 11) is 0. The van der Waals surface area contributed by atoms with E-state index in [0.29, 0.717) is 11.3 Å². The van der Waals surface area contributed by atoms with Crippen LogP contribution in [-0.4, -0.2) is 0 Å². The monoisotopic (exact) mass is 200 g/mol. The van der Waals surface area contributed by atoms with E-state index in [0.717, 1.165) is 16.3 Å². The van der Waals surface area contributed by atoms with Gasteiger partial charge in [-0.25, -0.2) is 4.39 Å². The number of nitriles is 1. The van der Waals surface area contributed by atoms with E-state index in [-0.39, 0.29) is 5.82 Å². The first-order valence-electron chi connectivity index (χ1n) is 4.52. The summed E-state index contributed by atoms with van der Waals surface area (Å²) in [6.07, 6.45) is 0. The Bertz CT molecular complexity index is 582. The Balaban J connectivity index is 2.94. The maximum Gasteiger partial charge on any atom is 0.123 e. The second-order valence-corrected chi connectivity index (χ2v) is 3.46. The zero-order valence-electron chi connectivity index (χ0n) is 8.21. The lowest BCUT2D eigenvalue weighted by Crippen LogP contribution is -1.94. The van der Waals surface area contributed by atoms with Gasteiger partial charge < -0.3 is 5.73 Å². The second kappa shape index (κ2) is 3.25. The molecule has 0 saturated heterocycles. The highest BCUT2D eigenvalue weighted by molar-refractivity contribution is 5.97. The topological polar surface area (TPSA) is 49.8 Å². The van der Waals surface area contributed by atoms with Crippen LogP contribution in [0.5, 0.6) is 0 Å². The maximum absolute atomic E-state index is 13.0. The Hall–Kier alpha value is -2.08. The van der Waals surface area contributed by atoms with Crippen molar-refractivity contribution in [3.63, 3.8) is 0 Å². The molecule has 0 aromatic heterocycles. The molecule has 0 radical (unpaired) electrons. The highest BCUT2D eigenvalue weighted by atomic mass is 19.1. The standard InChI is InChI=1S/C12H9FN2/c1-7-4-8(6-14)12(15)10-3-2-9(13)5-11(7)10/h2-5H,15H2,1H3. The van der Waals surface area contributed by atoms with Gasteiger partial charge in [-0.3, -0.25) is 0 Å². The van der Waals surface area contributed by atoms with Crippen LogP contribution < -0.4 is 5.73 Å². The molecule has 0 aliphatic heterocycles.